The Morgan fingerprint density at radius 2 is 1.57 bits per heavy atom. The minimum atomic E-state index is -2.37. The smallest absolute Gasteiger partial charge is 0.217 e. The van der Waals surface area contributed by atoms with Crippen molar-refractivity contribution in [3.8, 4) is 0 Å². The lowest BCUT2D eigenvalue weighted by molar-refractivity contribution is -0.373. The number of carbonyl (C=O) groups excluding carboxylic acids is 1. The second-order valence-corrected chi connectivity index (χ2v) is 10.1. The zero-order valence-corrected chi connectivity index (χ0v) is 23.7. The van der Waals surface area contributed by atoms with Gasteiger partial charge in [-0.15, -0.1) is 0 Å². The van der Waals surface area contributed by atoms with Crippen molar-refractivity contribution in [3.63, 3.8) is 0 Å². The van der Waals surface area contributed by atoms with E-state index < -0.39 is 112 Å². The maximum absolute atomic E-state index is 11.9. The molecule has 0 radical (unpaired) electrons. The lowest BCUT2D eigenvalue weighted by Gasteiger charge is -2.48. The Morgan fingerprint density at radius 1 is 0.929 bits per heavy atom. The Kier molecular flexibility index (Phi) is 15.8. The van der Waals surface area contributed by atoms with Crippen LogP contribution in [0.5, 0.6) is 0 Å². The van der Waals surface area contributed by atoms with E-state index >= 15 is 0 Å². The lowest BCUT2D eigenvalue weighted by atomic mass is 9.95. The standard InChI is InChI=1S/C24H46N2O16/c1-10(30)12(7-27)38-24(21(35)36)42-20-16(32)13(8-28)39-23(18(20)34)41-19-14(9-29)40-22(37-6-4-5-25-3)15(17(19)33)26-11(2)31/h10,12-25,27-30,32-36H,4-9H2,1-3H3,(H,26,31)/t10-,12?,13?,14?,15?,16?,17?,18?,19?,20?,22?,23?,24?/m1/s1. The fourth-order valence-corrected chi connectivity index (χ4v) is 4.50. The summed E-state index contributed by atoms with van der Waals surface area (Å²) in [6, 6.07) is -1.19. The first kappa shape index (κ1) is 37.0. The summed E-state index contributed by atoms with van der Waals surface area (Å²) < 4.78 is 33.3. The van der Waals surface area contributed by atoms with Crippen molar-refractivity contribution in [2.24, 2.45) is 0 Å². The predicted octanol–water partition coefficient (Wildman–Crippen LogP) is -6.20. The largest absolute Gasteiger partial charge is 0.394 e. The van der Waals surface area contributed by atoms with E-state index in [4.69, 9.17) is 28.4 Å². The molecule has 0 aliphatic carbocycles. The number of carbonyl (C=O) groups is 1. The van der Waals surface area contributed by atoms with Gasteiger partial charge in [-0.25, -0.2) is 0 Å². The van der Waals surface area contributed by atoms with E-state index in [1.165, 1.54) is 13.8 Å². The summed E-state index contributed by atoms with van der Waals surface area (Å²) in [5.41, 5.74) is 0. The molecule has 248 valence electrons. The molecule has 2 aliphatic heterocycles. The van der Waals surface area contributed by atoms with E-state index in [0.717, 1.165) is 0 Å². The van der Waals surface area contributed by atoms with Crippen molar-refractivity contribution in [1.29, 1.82) is 0 Å². The molecule has 11 N–H and O–H groups in total. The topological polar surface area (TPSA) is 279 Å². The lowest BCUT2D eigenvalue weighted by Crippen LogP contribution is -2.68. The molecular formula is C24H46N2O16. The average molecular weight is 619 g/mol. The quantitative estimate of drug-likeness (QED) is 0.0534. The molecule has 0 aromatic heterocycles. The Bertz CT molecular complexity index is 781. The number of amides is 1. The molecule has 2 rings (SSSR count). The highest BCUT2D eigenvalue weighted by atomic mass is 16.8. The maximum atomic E-state index is 11.9. The molecular weight excluding hydrogens is 572 g/mol. The van der Waals surface area contributed by atoms with Gasteiger partial charge in [0.1, 0.15) is 54.9 Å². The van der Waals surface area contributed by atoms with Crippen LogP contribution in [0.3, 0.4) is 0 Å². The van der Waals surface area contributed by atoms with Crippen molar-refractivity contribution < 1.29 is 79.2 Å². The van der Waals surface area contributed by atoms with Crippen LogP contribution in [0.2, 0.25) is 0 Å². The molecule has 0 bridgehead atoms. The third-order valence-corrected chi connectivity index (χ3v) is 6.75. The Hall–Kier alpha value is -1.17. The summed E-state index contributed by atoms with van der Waals surface area (Å²) in [7, 11) is 1.75. The Morgan fingerprint density at radius 3 is 2.10 bits per heavy atom. The molecule has 12 unspecified atom stereocenters. The maximum Gasteiger partial charge on any atom is 0.217 e. The predicted molar refractivity (Wildman–Crippen MR) is 137 cm³/mol. The number of rotatable bonds is 17. The van der Waals surface area contributed by atoms with Crippen LogP contribution in [0, 0.1) is 0 Å². The van der Waals surface area contributed by atoms with Gasteiger partial charge in [0.15, 0.2) is 12.6 Å². The third kappa shape index (κ3) is 9.92. The van der Waals surface area contributed by atoms with Gasteiger partial charge in [0.25, 0.3) is 0 Å². The first-order valence-corrected chi connectivity index (χ1v) is 13.6. The van der Waals surface area contributed by atoms with Crippen molar-refractivity contribution in [2.75, 3.05) is 40.0 Å². The average Bonchev–Trinajstić information content (AvgIpc) is 2.94. The number of hydrogen-bond donors (Lipinski definition) is 11. The molecule has 18 heteroatoms. The highest BCUT2D eigenvalue weighted by molar-refractivity contribution is 5.73. The summed E-state index contributed by atoms with van der Waals surface area (Å²) in [6.07, 6.45) is -20.7. The van der Waals surface area contributed by atoms with Crippen LogP contribution in [0.15, 0.2) is 0 Å². The summed E-state index contributed by atoms with van der Waals surface area (Å²) in [6.45, 7) is 0.996. The number of aliphatic hydroxyl groups is 9. The summed E-state index contributed by atoms with van der Waals surface area (Å²) in [5, 5.41) is 96.8. The van der Waals surface area contributed by atoms with Crippen LogP contribution in [0.25, 0.3) is 0 Å². The summed E-state index contributed by atoms with van der Waals surface area (Å²) >= 11 is 0. The van der Waals surface area contributed by atoms with E-state index in [1.807, 2.05) is 0 Å². The zero-order chi connectivity index (χ0) is 31.6. The number of aliphatic hydroxyl groups excluding tert-OH is 8. The van der Waals surface area contributed by atoms with E-state index in [2.05, 4.69) is 10.6 Å². The minimum Gasteiger partial charge on any atom is -0.394 e. The number of ether oxygens (including phenoxy) is 6. The Labute approximate surface area is 242 Å². The van der Waals surface area contributed by atoms with Crippen LogP contribution in [0.4, 0.5) is 0 Å². The first-order valence-electron chi connectivity index (χ1n) is 13.6. The van der Waals surface area contributed by atoms with E-state index in [-0.39, 0.29) is 6.61 Å². The van der Waals surface area contributed by atoms with Gasteiger partial charge in [-0.3, -0.25) is 4.79 Å². The van der Waals surface area contributed by atoms with E-state index in [0.29, 0.717) is 13.0 Å². The van der Waals surface area contributed by atoms with E-state index in [1.54, 1.807) is 7.05 Å². The molecule has 2 aliphatic rings. The van der Waals surface area contributed by atoms with Crippen molar-refractivity contribution in [2.45, 2.75) is 106 Å². The molecule has 0 saturated carbocycles. The molecule has 1 amide bonds. The van der Waals surface area contributed by atoms with Gasteiger partial charge in [-0.1, -0.05) is 0 Å². The van der Waals surface area contributed by atoms with Gasteiger partial charge in [-0.05, 0) is 26.9 Å². The van der Waals surface area contributed by atoms with Gasteiger partial charge in [0.2, 0.25) is 18.5 Å². The van der Waals surface area contributed by atoms with Gasteiger partial charge in [-0.2, -0.15) is 0 Å². The van der Waals surface area contributed by atoms with Crippen LogP contribution >= 0.6 is 0 Å². The molecule has 13 atom stereocenters. The number of hydrogen-bond acceptors (Lipinski definition) is 17. The number of nitrogens with one attached hydrogen (secondary N) is 2. The van der Waals surface area contributed by atoms with Crippen molar-refractivity contribution in [3.05, 3.63) is 0 Å². The van der Waals surface area contributed by atoms with Crippen molar-refractivity contribution >= 4 is 5.91 Å². The second kappa shape index (κ2) is 18.0. The van der Waals surface area contributed by atoms with Crippen LogP contribution in [-0.2, 0) is 33.2 Å². The highest BCUT2D eigenvalue weighted by Gasteiger charge is 2.52. The van der Waals surface area contributed by atoms with Crippen LogP contribution < -0.4 is 10.6 Å². The normalized spacial score (nSPS) is 36.0. The van der Waals surface area contributed by atoms with Crippen LogP contribution in [0.1, 0.15) is 20.3 Å². The Balaban J connectivity index is 2.27. The fraction of sp³-hybridized carbons (Fsp3) is 0.958. The van der Waals surface area contributed by atoms with Gasteiger partial charge < -0.3 is 85.0 Å². The minimum absolute atomic E-state index is 0.184. The third-order valence-electron chi connectivity index (χ3n) is 6.75. The van der Waals surface area contributed by atoms with Crippen LogP contribution in [-0.4, -0.2) is 178 Å². The highest BCUT2D eigenvalue weighted by Crippen LogP contribution is 2.31. The monoisotopic (exact) mass is 618 g/mol. The molecule has 42 heavy (non-hydrogen) atoms. The SMILES string of the molecule is CNCCCOC1OC(CO)C(OC2OC(CO)C(O)C(OC(OC(CO)[C@@H](C)O)C(O)O)C2O)C(O)C1NC(C)=O. The zero-order valence-electron chi connectivity index (χ0n) is 23.7. The molecule has 0 spiro atoms. The van der Waals surface area contributed by atoms with E-state index in [9.17, 15) is 50.8 Å². The van der Waals surface area contributed by atoms with Crippen molar-refractivity contribution in [1.82, 2.24) is 10.6 Å². The second-order valence-electron chi connectivity index (χ2n) is 10.1. The molecule has 0 aromatic carbocycles. The molecule has 2 heterocycles. The molecule has 0 aromatic rings. The summed E-state index contributed by atoms with van der Waals surface area (Å²) in [4.78, 5) is 11.9. The van der Waals surface area contributed by atoms with Gasteiger partial charge in [0.05, 0.1) is 32.5 Å². The molecule has 2 saturated heterocycles. The summed E-state index contributed by atoms with van der Waals surface area (Å²) in [5.74, 6) is -0.537. The van der Waals surface area contributed by atoms with Gasteiger partial charge >= 0.3 is 0 Å². The molecule has 2 fully saturated rings. The fourth-order valence-electron chi connectivity index (χ4n) is 4.50. The first-order chi connectivity index (χ1) is 19.9. The van der Waals surface area contributed by atoms with Gasteiger partial charge in [0, 0.05) is 6.92 Å². The molecule has 18 nitrogen and oxygen atoms in total.